The van der Waals surface area contributed by atoms with E-state index in [1.165, 1.54) is 64.2 Å². The summed E-state index contributed by atoms with van der Waals surface area (Å²) in [5, 5.41) is 0. The highest BCUT2D eigenvalue weighted by atomic mass is 14.7. The van der Waals surface area contributed by atoms with E-state index in [9.17, 15) is 0 Å². The maximum absolute atomic E-state index is 6.79. The van der Waals surface area contributed by atoms with Crippen LogP contribution in [0, 0.1) is 23.2 Å². The van der Waals surface area contributed by atoms with Crippen LogP contribution in [0.3, 0.4) is 0 Å². The van der Waals surface area contributed by atoms with Crippen molar-refractivity contribution in [2.45, 2.75) is 83.6 Å². The molecule has 3 saturated carbocycles. The summed E-state index contributed by atoms with van der Waals surface area (Å²) in [4.78, 5) is 0. The van der Waals surface area contributed by atoms with Gasteiger partial charge in [-0.05, 0) is 74.5 Å². The second-order valence-electron chi connectivity index (χ2n) is 8.52. The van der Waals surface area contributed by atoms with Gasteiger partial charge in [-0.25, -0.2) is 0 Å². The first-order valence-electron chi connectivity index (χ1n) is 8.25. The molecule has 4 atom stereocenters. The van der Waals surface area contributed by atoms with Gasteiger partial charge in [0, 0.05) is 5.54 Å². The van der Waals surface area contributed by atoms with Crippen molar-refractivity contribution >= 4 is 0 Å². The van der Waals surface area contributed by atoms with Gasteiger partial charge in [-0.1, -0.05) is 26.7 Å². The highest BCUT2D eigenvalue weighted by Gasteiger charge is 2.43. The van der Waals surface area contributed by atoms with Crippen molar-refractivity contribution in [1.82, 2.24) is 0 Å². The van der Waals surface area contributed by atoms with E-state index in [1.807, 2.05) is 0 Å². The molecular weight excluding hydrogens is 218 g/mol. The predicted octanol–water partition coefficient (Wildman–Crippen LogP) is 4.50. The molecule has 2 bridgehead atoms. The van der Waals surface area contributed by atoms with Crippen molar-refractivity contribution in [3.05, 3.63) is 0 Å². The average molecular weight is 249 g/mol. The number of hydrogen-bond donors (Lipinski definition) is 1. The van der Waals surface area contributed by atoms with Gasteiger partial charge in [0.25, 0.3) is 0 Å². The lowest BCUT2D eigenvalue weighted by Crippen LogP contribution is -2.42. The Morgan fingerprint density at radius 3 is 2.50 bits per heavy atom. The molecule has 4 unspecified atom stereocenters. The van der Waals surface area contributed by atoms with Gasteiger partial charge in [-0.2, -0.15) is 0 Å². The Bertz CT molecular complexity index is 309. The van der Waals surface area contributed by atoms with E-state index >= 15 is 0 Å². The van der Waals surface area contributed by atoms with Gasteiger partial charge in [0.1, 0.15) is 0 Å². The maximum Gasteiger partial charge on any atom is 0.0157 e. The zero-order chi connectivity index (χ0) is 12.8. The van der Waals surface area contributed by atoms with Crippen LogP contribution < -0.4 is 5.73 Å². The van der Waals surface area contributed by atoms with E-state index in [1.54, 1.807) is 0 Å². The molecule has 0 spiro atoms. The molecule has 18 heavy (non-hydrogen) atoms. The van der Waals surface area contributed by atoms with Gasteiger partial charge < -0.3 is 5.73 Å². The van der Waals surface area contributed by atoms with Gasteiger partial charge >= 0.3 is 0 Å². The van der Waals surface area contributed by atoms with E-state index in [-0.39, 0.29) is 5.54 Å². The molecule has 0 amide bonds. The van der Waals surface area contributed by atoms with Crippen LogP contribution in [0.5, 0.6) is 0 Å². The largest absolute Gasteiger partial charge is 0.325 e. The van der Waals surface area contributed by atoms with Crippen LogP contribution in [0.15, 0.2) is 0 Å². The molecule has 3 rings (SSSR count). The van der Waals surface area contributed by atoms with Crippen molar-refractivity contribution in [2.24, 2.45) is 28.9 Å². The summed E-state index contributed by atoms with van der Waals surface area (Å²) in [6.45, 7) is 4.85. The summed E-state index contributed by atoms with van der Waals surface area (Å²) in [6, 6.07) is 0. The smallest absolute Gasteiger partial charge is 0.0157 e. The van der Waals surface area contributed by atoms with Crippen LogP contribution in [0.25, 0.3) is 0 Å². The molecule has 0 aromatic heterocycles. The van der Waals surface area contributed by atoms with Gasteiger partial charge in [0.05, 0.1) is 0 Å². The van der Waals surface area contributed by atoms with E-state index in [0.29, 0.717) is 5.41 Å². The van der Waals surface area contributed by atoms with E-state index in [2.05, 4.69) is 13.8 Å². The molecule has 1 heteroatoms. The topological polar surface area (TPSA) is 26.0 Å². The van der Waals surface area contributed by atoms with Crippen LogP contribution in [0.1, 0.15) is 78.1 Å². The number of hydrogen-bond acceptors (Lipinski definition) is 1. The minimum Gasteiger partial charge on any atom is -0.325 e. The molecule has 0 heterocycles. The fourth-order valence-electron chi connectivity index (χ4n) is 5.11. The Hall–Kier alpha value is -0.0400. The minimum atomic E-state index is 0.183. The Morgan fingerprint density at radius 2 is 1.83 bits per heavy atom. The number of nitrogens with two attached hydrogens (primary N) is 1. The third-order valence-electron chi connectivity index (χ3n) is 6.38. The fraction of sp³-hybridized carbons (Fsp3) is 1.00. The van der Waals surface area contributed by atoms with Crippen molar-refractivity contribution in [3.8, 4) is 0 Å². The van der Waals surface area contributed by atoms with Crippen LogP contribution in [0.4, 0.5) is 0 Å². The Morgan fingerprint density at radius 1 is 1.00 bits per heavy atom. The fourth-order valence-corrected chi connectivity index (χ4v) is 5.11. The molecule has 1 nitrogen and oxygen atoms in total. The molecule has 3 fully saturated rings. The average Bonchev–Trinajstić information content (AvgIpc) is 2.85. The summed E-state index contributed by atoms with van der Waals surface area (Å²) in [6.07, 6.45) is 14.0. The minimum absolute atomic E-state index is 0.183. The van der Waals surface area contributed by atoms with Crippen LogP contribution in [-0.2, 0) is 0 Å². The standard InChI is InChI=1S/C17H31N/c1-16(2)6-3-7-17(18,9-8-16)12-15-11-13-4-5-14(15)10-13/h13-15H,3-12,18H2,1-2H3. The van der Waals surface area contributed by atoms with Gasteiger partial charge in [-0.3, -0.25) is 0 Å². The third-order valence-corrected chi connectivity index (χ3v) is 6.38. The molecular formula is C17H31N. The molecule has 2 N–H and O–H groups in total. The van der Waals surface area contributed by atoms with E-state index in [4.69, 9.17) is 5.73 Å². The highest BCUT2D eigenvalue weighted by Crippen LogP contribution is 2.52. The second kappa shape index (κ2) is 4.51. The Balaban J connectivity index is 1.61. The lowest BCUT2D eigenvalue weighted by Gasteiger charge is -2.35. The lowest BCUT2D eigenvalue weighted by atomic mass is 9.75. The Labute approximate surface area is 113 Å². The third kappa shape index (κ3) is 2.61. The lowest BCUT2D eigenvalue weighted by molar-refractivity contribution is 0.216. The Kier molecular flexibility index (Phi) is 3.25. The van der Waals surface area contributed by atoms with Gasteiger partial charge in [0.15, 0.2) is 0 Å². The second-order valence-corrected chi connectivity index (χ2v) is 8.52. The van der Waals surface area contributed by atoms with E-state index < -0.39 is 0 Å². The zero-order valence-electron chi connectivity index (χ0n) is 12.4. The monoisotopic (exact) mass is 249 g/mol. The molecule has 3 aliphatic carbocycles. The normalized spacial score (nSPS) is 47.2. The number of rotatable bonds is 2. The van der Waals surface area contributed by atoms with Crippen molar-refractivity contribution < 1.29 is 0 Å². The number of fused-ring (bicyclic) bond motifs is 2. The summed E-state index contributed by atoms with van der Waals surface area (Å²) in [7, 11) is 0. The summed E-state index contributed by atoms with van der Waals surface area (Å²) in [5.41, 5.74) is 7.51. The van der Waals surface area contributed by atoms with Crippen LogP contribution >= 0.6 is 0 Å². The van der Waals surface area contributed by atoms with Gasteiger partial charge in [-0.15, -0.1) is 0 Å². The summed E-state index contributed by atoms with van der Waals surface area (Å²) < 4.78 is 0. The molecule has 0 aromatic carbocycles. The van der Waals surface area contributed by atoms with Crippen molar-refractivity contribution in [2.75, 3.05) is 0 Å². The van der Waals surface area contributed by atoms with Crippen molar-refractivity contribution in [1.29, 1.82) is 0 Å². The quantitative estimate of drug-likeness (QED) is 0.716. The molecule has 0 aliphatic heterocycles. The van der Waals surface area contributed by atoms with Crippen LogP contribution in [-0.4, -0.2) is 5.54 Å². The molecule has 0 aromatic rings. The first-order valence-corrected chi connectivity index (χ1v) is 8.25. The summed E-state index contributed by atoms with van der Waals surface area (Å²) in [5.74, 6) is 3.10. The molecule has 3 aliphatic rings. The van der Waals surface area contributed by atoms with Gasteiger partial charge in [0.2, 0.25) is 0 Å². The molecule has 0 radical (unpaired) electrons. The van der Waals surface area contributed by atoms with Crippen LogP contribution in [0.2, 0.25) is 0 Å². The maximum atomic E-state index is 6.79. The SMILES string of the molecule is CC1(C)CCCC(N)(CC2CC3CCC2C3)CC1. The first kappa shape index (κ1) is 13.0. The van der Waals surface area contributed by atoms with Crippen molar-refractivity contribution in [3.63, 3.8) is 0 Å². The first-order chi connectivity index (χ1) is 8.46. The van der Waals surface area contributed by atoms with E-state index in [0.717, 1.165) is 17.8 Å². The zero-order valence-corrected chi connectivity index (χ0v) is 12.4. The molecule has 0 saturated heterocycles. The summed E-state index contributed by atoms with van der Waals surface area (Å²) >= 11 is 0. The predicted molar refractivity (Wildman–Crippen MR) is 77.3 cm³/mol. The highest BCUT2D eigenvalue weighted by molar-refractivity contribution is 4.97. The molecule has 104 valence electrons.